The summed E-state index contributed by atoms with van der Waals surface area (Å²) in [7, 11) is 0. The van der Waals surface area contributed by atoms with Crippen LogP contribution >= 0.6 is 0 Å². The van der Waals surface area contributed by atoms with Gasteiger partial charge >= 0.3 is 6.03 Å². The number of rotatable bonds is 3. The summed E-state index contributed by atoms with van der Waals surface area (Å²) in [6.07, 6.45) is 10.6. The molecule has 0 radical (unpaired) electrons. The van der Waals surface area contributed by atoms with Gasteiger partial charge in [-0.05, 0) is 38.5 Å². The fraction of sp³-hybridized carbons (Fsp3) is 0.889. The van der Waals surface area contributed by atoms with Crippen LogP contribution in [0.1, 0.15) is 57.8 Å². The van der Waals surface area contributed by atoms with Gasteiger partial charge in [0.1, 0.15) is 6.04 Å². The monoisotopic (exact) mass is 334 g/mol. The fourth-order valence-corrected chi connectivity index (χ4v) is 5.50. The van der Waals surface area contributed by atoms with E-state index in [9.17, 15) is 9.59 Å². The largest absolute Gasteiger partial charge is 0.368 e. The van der Waals surface area contributed by atoms with Gasteiger partial charge in [0.15, 0.2) is 0 Å². The summed E-state index contributed by atoms with van der Waals surface area (Å²) in [6.45, 7) is 2.88. The van der Waals surface area contributed by atoms with E-state index < -0.39 is 6.04 Å². The summed E-state index contributed by atoms with van der Waals surface area (Å²) in [5.74, 6) is -0.326. The predicted octanol–water partition coefficient (Wildman–Crippen LogP) is 1.54. The molecule has 1 saturated carbocycles. The number of piperidine rings is 1. The minimum Gasteiger partial charge on any atom is -0.368 e. The summed E-state index contributed by atoms with van der Waals surface area (Å²) in [5, 5.41) is 0. The average Bonchev–Trinajstić information content (AvgIpc) is 3.18. The first kappa shape index (κ1) is 16.2. The summed E-state index contributed by atoms with van der Waals surface area (Å²) in [5.41, 5.74) is 5.69. The maximum atomic E-state index is 12.8. The highest BCUT2D eigenvalue weighted by Crippen LogP contribution is 2.36. The van der Waals surface area contributed by atoms with Gasteiger partial charge in [0.05, 0.1) is 6.04 Å². The molecular formula is C18H30N4O2. The number of primary amides is 1. The Kier molecular flexibility index (Phi) is 4.41. The molecule has 4 fully saturated rings. The van der Waals surface area contributed by atoms with Crippen LogP contribution in [0, 0.1) is 0 Å². The lowest BCUT2D eigenvalue weighted by molar-refractivity contribution is -0.123. The fourth-order valence-electron chi connectivity index (χ4n) is 5.50. The second-order valence-electron chi connectivity index (χ2n) is 8.00. The zero-order valence-corrected chi connectivity index (χ0v) is 14.5. The molecule has 0 aromatic rings. The summed E-state index contributed by atoms with van der Waals surface area (Å²) < 4.78 is 0. The second-order valence-corrected chi connectivity index (χ2v) is 8.00. The Hall–Kier alpha value is -1.30. The molecule has 1 aliphatic carbocycles. The van der Waals surface area contributed by atoms with Gasteiger partial charge < -0.3 is 20.4 Å². The van der Waals surface area contributed by atoms with Crippen molar-refractivity contribution in [2.75, 3.05) is 19.6 Å². The lowest BCUT2D eigenvalue weighted by Gasteiger charge is -2.42. The Labute approximate surface area is 144 Å². The smallest absolute Gasteiger partial charge is 0.321 e. The van der Waals surface area contributed by atoms with E-state index >= 15 is 0 Å². The van der Waals surface area contributed by atoms with Crippen molar-refractivity contribution in [1.29, 1.82) is 0 Å². The lowest BCUT2D eigenvalue weighted by atomic mass is 9.91. The van der Waals surface area contributed by atoms with Crippen LogP contribution < -0.4 is 5.73 Å². The van der Waals surface area contributed by atoms with Gasteiger partial charge in [0.2, 0.25) is 5.91 Å². The number of hydrogen-bond acceptors (Lipinski definition) is 3. The van der Waals surface area contributed by atoms with Crippen molar-refractivity contribution >= 4 is 11.9 Å². The van der Waals surface area contributed by atoms with Crippen LogP contribution in [0.25, 0.3) is 0 Å². The molecule has 6 heteroatoms. The van der Waals surface area contributed by atoms with Crippen LogP contribution in [0.4, 0.5) is 4.79 Å². The van der Waals surface area contributed by atoms with E-state index in [-0.39, 0.29) is 24.0 Å². The number of carbonyl (C=O) groups excluding carboxylic acids is 2. The van der Waals surface area contributed by atoms with Crippen molar-refractivity contribution in [2.45, 2.75) is 82.0 Å². The van der Waals surface area contributed by atoms with Gasteiger partial charge in [-0.25, -0.2) is 4.79 Å². The standard InChI is InChI=1S/C18H30N4O2/c19-17(23)16-15-7-4-10-21(15)18(24)22(16)14-8-11-20(12-9-14)13-5-2-1-3-6-13/h13-16H,1-12H2,(H2,19,23)/t15-,16?/m1/s1. The summed E-state index contributed by atoms with van der Waals surface area (Å²) >= 11 is 0. The summed E-state index contributed by atoms with van der Waals surface area (Å²) in [6, 6.07) is 0.583. The second kappa shape index (κ2) is 6.54. The van der Waals surface area contributed by atoms with Crippen LogP contribution in [0.5, 0.6) is 0 Å². The molecule has 3 aliphatic heterocycles. The molecule has 3 heterocycles. The Morgan fingerprint density at radius 1 is 0.875 bits per heavy atom. The maximum Gasteiger partial charge on any atom is 0.321 e. The lowest BCUT2D eigenvalue weighted by Crippen LogP contribution is -2.55. The zero-order valence-electron chi connectivity index (χ0n) is 14.5. The number of amides is 3. The van der Waals surface area contributed by atoms with E-state index in [1.165, 1.54) is 32.1 Å². The average molecular weight is 334 g/mol. The number of nitrogens with two attached hydrogens (primary N) is 1. The molecule has 3 saturated heterocycles. The molecule has 0 aromatic heterocycles. The van der Waals surface area contributed by atoms with E-state index in [0.717, 1.165) is 51.4 Å². The molecule has 2 atom stereocenters. The highest BCUT2D eigenvalue weighted by Gasteiger charge is 2.52. The predicted molar refractivity (Wildman–Crippen MR) is 91.4 cm³/mol. The molecule has 0 bridgehead atoms. The van der Waals surface area contributed by atoms with E-state index in [1.54, 1.807) is 0 Å². The molecule has 134 valence electrons. The van der Waals surface area contributed by atoms with Crippen LogP contribution in [0.2, 0.25) is 0 Å². The van der Waals surface area contributed by atoms with Crippen LogP contribution in [0.15, 0.2) is 0 Å². The molecule has 4 aliphatic rings. The Balaban J connectivity index is 1.42. The van der Waals surface area contributed by atoms with Crippen molar-refractivity contribution in [3.05, 3.63) is 0 Å². The van der Waals surface area contributed by atoms with Crippen LogP contribution in [-0.2, 0) is 4.79 Å². The van der Waals surface area contributed by atoms with Crippen LogP contribution in [0.3, 0.4) is 0 Å². The van der Waals surface area contributed by atoms with Crippen molar-refractivity contribution in [1.82, 2.24) is 14.7 Å². The molecule has 1 unspecified atom stereocenters. The molecule has 0 spiro atoms. The third-order valence-electron chi connectivity index (χ3n) is 6.71. The van der Waals surface area contributed by atoms with Gasteiger partial charge in [0.25, 0.3) is 0 Å². The van der Waals surface area contributed by atoms with Crippen LogP contribution in [-0.4, -0.2) is 70.4 Å². The Morgan fingerprint density at radius 2 is 1.58 bits per heavy atom. The maximum absolute atomic E-state index is 12.8. The number of urea groups is 1. The molecule has 4 rings (SSSR count). The number of nitrogens with zero attached hydrogens (tertiary/aromatic N) is 3. The van der Waals surface area contributed by atoms with E-state index in [0.29, 0.717) is 0 Å². The van der Waals surface area contributed by atoms with Gasteiger partial charge in [-0.1, -0.05) is 19.3 Å². The molecule has 6 nitrogen and oxygen atoms in total. The highest BCUT2D eigenvalue weighted by molar-refractivity contribution is 5.91. The Morgan fingerprint density at radius 3 is 2.25 bits per heavy atom. The first-order chi connectivity index (χ1) is 11.7. The SMILES string of the molecule is NC(=O)C1[C@H]2CCCN2C(=O)N1C1CCN(C2CCCCC2)CC1. The van der Waals surface area contributed by atoms with Gasteiger partial charge in [0, 0.05) is 31.7 Å². The van der Waals surface area contributed by atoms with E-state index in [2.05, 4.69) is 4.90 Å². The topological polar surface area (TPSA) is 69.9 Å². The molecule has 2 N–H and O–H groups in total. The number of hydrogen-bond donors (Lipinski definition) is 1. The molecule has 24 heavy (non-hydrogen) atoms. The van der Waals surface area contributed by atoms with Crippen molar-refractivity contribution < 1.29 is 9.59 Å². The highest BCUT2D eigenvalue weighted by atomic mass is 16.2. The van der Waals surface area contributed by atoms with E-state index in [1.807, 2.05) is 9.80 Å². The van der Waals surface area contributed by atoms with Gasteiger partial charge in [-0.3, -0.25) is 4.79 Å². The third kappa shape index (κ3) is 2.68. The quantitative estimate of drug-likeness (QED) is 0.851. The Bertz CT molecular complexity index is 497. The third-order valence-corrected chi connectivity index (χ3v) is 6.71. The first-order valence-corrected chi connectivity index (χ1v) is 9.79. The minimum atomic E-state index is -0.411. The number of likely N-dealkylation sites (tertiary alicyclic amines) is 1. The first-order valence-electron chi connectivity index (χ1n) is 9.79. The molecular weight excluding hydrogens is 304 g/mol. The molecule has 0 aromatic carbocycles. The molecule has 3 amide bonds. The van der Waals surface area contributed by atoms with Crippen molar-refractivity contribution in [2.24, 2.45) is 5.73 Å². The van der Waals surface area contributed by atoms with E-state index in [4.69, 9.17) is 5.73 Å². The number of carbonyl (C=O) groups is 2. The zero-order chi connectivity index (χ0) is 16.7. The van der Waals surface area contributed by atoms with Crippen molar-refractivity contribution in [3.8, 4) is 0 Å². The normalized spacial score (nSPS) is 33.2. The van der Waals surface area contributed by atoms with Crippen molar-refractivity contribution in [3.63, 3.8) is 0 Å². The summed E-state index contributed by atoms with van der Waals surface area (Å²) in [4.78, 5) is 31.2. The van der Waals surface area contributed by atoms with Gasteiger partial charge in [-0.15, -0.1) is 0 Å². The minimum absolute atomic E-state index is 0.0198. The van der Waals surface area contributed by atoms with Gasteiger partial charge in [-0.2, -0.15) is 0 Å². The number of fused-ring (bicyclic) bond motifs is 1.